The largest absolute Gasteiger partial charge is 0.352 e. The van der Waals surface area contributed by atoms with Crippen molar-refractivity contribution in [1.82, 2.24) is 5.32 Å². The monoisotopic (exact) mass is 333 g/mol. The zero-order valence-electron chi connectivity index (χ0n) is 13.6. The number of ketones is 1. The molecule has 4 rings (SSSR count). The molecule has 0 fully saturated rings. The number of hydrogen-bond donors (Lipinski definition) is 1. The fourth-order valence-corrected chi connectivity index (χ4v) is 4.70. The molecular weight excluding hydrogens is 314 g/mol. The molecule has 0 spiro atoms. The van der Waals surface area contributed by atoms with Crippen molar-refractivity contribution in [2.24, 2.45) is 11.8 Å². The highest BCUT2D eigenvalue weighted by molar-refractivity contribution is 8.07. The number of hydrogen-bond acceptors (Lipinski definition) is 3. The van der Waals surface area contributed by atoms with Gasteiger partial charge in [0, 0.05) is 40.0 Å². The molecule has 0 amide bonds. The molecule has 2 atom stereocenters. The van der Waals surface area contributed by atoms with Crippen LogP contribution in [-0.2, 0) is 6.42 Å². The van der Waals surface area contributed by atoms with Crippen molar-refractivity contribution in [2.45, 2.75) is 13.3 Å². The van der Waals surface area contributed by atoms with E-state index in [-0.39, 0.29) is 11.7 Å². The van der Waals surface area contributed by atoms with Crippen molar-refractivity contribution >= 4 is 17.5 Å². The van der Waals surface area contributed by atoms with Gasteiger partial charge >= 0.3 is 0 Å². The fourth-order valence-electron chi connectivity index (χ4n) is 3.59. The maximum Gasteiger partial charge on any atom is 0.192 e. The highest BCUT2D eigenvalue weighted by atomic mass is 32.2. The maximum absolute atomic E-state index is 12.7. The second kappa shape index (κ2) is 5.99. The average molecular weight is 333 g/mol. The SMILES string of the molecule is C=CC1C2=C(C=CC1/C=C\C)S/C(=C1/Cc3ccccc3C1=O)N2. The van der Waals surface area contributed by atoms with Crippen LogP contribution in [0.3, 0.4) is 0 Å². The Labute approximate surface area is 146 Å². The van der Waals surface area contributed by atoms with Crippen molar-refractivity contribution in [1.29, 1.82) is 0 Å². The van der Waals surface area contributed by atoms with Crippen LogP contribution in [0.15, 0.2) is 82.4 Å². The first-order valence-corrected chi connectivity index (χ1v) is 9.03. The van der Waals surface area contributed by atoms with E-state index in [0.29, 0.717) is 12.3 Å². The number of fused-ring (bicyclic) bond motifs is 1. The number of Topliss-reactive ketones (excluding diaryl/α,β-unsaturated/α-hetero) is 1. The van der Waals surface area contributed by atoms with E-state index in [1.165, 1.54) is 10.6 Å². The van der Waals surface area contributed by atoms with Gasteiger partial charge in [0.2, 0.25) is 0 Å². The summed E-state index contributed by atoms with van der Waals surface area (Å²) in [5.41, 5.74) is 4.02. The molecule has 2 aliphatic carbocycles. The molecule has 1 heterocycles. The topological polar surface area (TPSA) is 29.1 Å². The number of thioether (sulfide) groups is 1. The van der Waals surface area contributed by atoms with Gasteiger partial charge in [-0.15, -0.1) is 6.58 Å². The first-order valence-electron chi connectivity index (χ1n) is 8.21. The number of rotatable bonds is 2. The summed E-state index contributed by atoms with van der Waals surface area (Å²) in [4.78, 5) is 13.9. The number of carbonyl (C=O) groups excluding carboxylic acids is 1. The van der Waals surface area contributed by atoms with Crippen LogP contribution in [0, 0.1) is 11.8 Å². The van der Waals surface area contributed by atoms with Gasteiger partial charge in [0.15, 0.2) is 5.78 Å². The van der Waals surface area contributed by atoms with Crippen molar-refractivity contribution in [2.75, 3.05) is 0 Å². The van der Waals surface area contributed by atoms with E-state index in [0.717, 1.165) is 21.7 Å². The van der Waals surface area contributed by atoms with Crippen molar-refractivity contribution in [3.05, 3.63) is 93.6 Å². The molecule has 1 N–H and O–H groups in total. The van der Waals surface area contributed by atoms with Crippen LogP contribution in [-0.4, -0.2) is 5.78 Å². The standard InChI is InChI=1S/C21H19NOS/c1-3-7-13-10-11-18-19(15(13)4-2)22-21(24-18)17-12-14-8-5-6-9-16(14)20(17)23/h3-11,13,15,22H,2,12H2,1H3/b7-3-,21-17-. The molecule has 0 bridgehead atoms. The normalized spacial score (nSPS) is 28.3. The molecule has 2 unspecified atom stereocenters. The molecule has 0 saturated heterocycles. The van der Waals surface area contributed by atoms with Crippen LogP contribution in [0.25, 0.3) is 0 Å². The third-order valence-corrected chi connectivity index (χ3v) is 5.92. The zero-order valence-corrected chi connectivity index (χ0v) is 14.4. The Morgan fingerprint density at radius 3 is 2.92 bits per heavy atom. The summed E-state index contributed by atoms with van der Waals surface area (Å²) in [5.74, 6) is 0.704. The summed E-state index contributed by atoms with van der Waals surface area (Å²) in [6.45, 7) is 6.05. The summed E-state index contributed by atoms with van der Waals surface area (Å²) < 4.78 is 0. The van der Waals surface area contributed by atoms with Crippen molar-refractivity contribution in [3.8, 4) is 0 Å². The summed E-state index contributed by atoms with van der Waals surface area (Å²) in [5, 5.41) is 4.52. The lowest BCUT2D eigenvalue weighted by molar-refractivity contribution is 0.103. The first-order chi connectivity index (χ1) is 11.7. The van der Waals surface area contributed by atoms with Crippen LogP contribution >= 0.6 is 11.8 Å². The first kappa shape index (κ1) is 15.3. The lowest BCUT2D eigenvalue weighted by atomic mass is 9.85. The summed E-state index contributed by atoms with van der Waals surface area (Å²) >= 11 is 1.67. The molecule has 0 saturated carbocycles. The van der Waals surface area contributed by atoms with E-state index in [2.05, 4.69) is 36.2 Å². The number of benzene rings is 1. The van der Waals surface area contributed by atoms with Crippen LogP contribution in [0.4, 0.5) is 0 Å². The second-order valence-corrected chi connectivity index (χ2v) is 7.25. The van der Waals surface area contributed by atoms with E-state index in [9.17, 15) is 4.79 Å². The van der Waals surface area contributed by atoms with Gasteiger partial charge < -0.3 is 5.32 Å². The molecule has 3 aliphatic rings. The van der Waals surface area contributed by atoms with Crippen LogP contribution in [0.2, 0.25) is 0 Å². The van der Waals surface area contributed by atoms with Gasteiger partial charge in [0.1, 0.15) is 0 Å². The van der Waals surface area contributed by atoms with Crippen molar-refractivity contribution < 1.29 is 4.79 Å². The molecule has 1 aromatic carbocycles. The maximum atomic E-state index is 12.7. The van der Waals surface area contributed by atoms with E-state index >= 15 is 0 Å². The van der Waals surface area contributed by atoms with E-state index < -0.39 is 0 Å². The summed E-state index contributed by atoms with van der Waals surface area (Å²) in [7, 11) is 0. The smallest absolute Gasteiger partial charge is 0.192 e. The van der Waals surface area contributed by atoms with Gasteiger partial charge in [0.05, 0.1) is 5.03 Å². The summed E-state index contributed by atoms with van der Waals surface area (Å²) in [6, 6.07) is 7.90. The lowest BCUT2D eigenvalue weighted by Crippen LogP contribution is -2.22. The van der Waals surface area contributed by atoms with E-state index in [1.54, 1.807) is 11.8 Å². The quantitative estimate of drug-likeness (QED) is 0.625. The van der Waals surface area contributed by atoms with Gasteiger partial charge in [0.25, 0.3) is 0 Å². The Kier molecular flexibility index (Phi) is 3.81. The van der Waals surface area contributed by atoms with E-state index in [1.807, 2.05) is 37.3 Å². The molecule has 0 aromatic heterocycles. The molecule has 2 nitrogen and oxygen atoms in total. The predicted molar refractivity (Wildman–Crippen MR) is 100 cm³/mol. The minimum Gasteiger partial charge on any atom is -0.352 e. The minimum atomic E-state index is 0.157. The van der Waals surface area contributed by atoms with Crippen LogP contribution < -0.4 is 5.32 Å². The predicted octanol–water partition coefficient (Wildman–Crippen LogP) is 4.75. The van der Waals surface area contributed by atoms with Crippen molar-refractivity contribution in [3.63, 3.8) is 0 Å². The number of nitrogens with one attached hydrogen (secondary N) is 1. The highest BCUT2D eigenvalue weighted by Crippen LogP contribution is 2.45. The Bertz CT molecular complexity index is 856. The molecule has 24 heavy (non-hydrogen) atoms. The Hall–Kier alpha value is -2.26. The van der Waals surface area contributed by atoms with E-state index in [4.69, 9.17) is 0 Å². The minimum absolute atomic E-state index is 0.157. The van der Waals surface area contributed by atoms with Gasteiger partial charge in [-0.1, -0.05) is 60.3 Å². The third-order valence-electron chi connectivity index (χ3n) is 4.79. The second-order valence-electron chi connectivity index (χ2n) is 6.20. The molecule has 0 radical (unpaired) electrons. The Morgan fingerprint density at radius 2 is 2.17 bits per heavy atom. The molecule has 120 valence electrons. The fraction of sp³-hybridized carbons (Fsp3) is 0.190. The van der Waals surface area contributed by atoms with Gasteiger partial charge in [-0.2, -0.15) is 0 Å². The van der Waals surface area contributed by atoms with Crippen LogP contribution in [0.1, 0.15) is 22.8 Å². The van der Waals surface area contributed by atoms with Gasteiger partial charge in [-0.05, 0) is 18.6 Å². The highest BCUT2D eigenvalue weighted by Gasteiger charge is 2.34. The third kappa shape index (κ3) is 2.31. The summed E-state index contributed by atoms with van der Waals surface area (Å²) in [6.07, 6.45) is 11.4. The Morgan fingerprint density at radius 1 is 1.33 bits per heavy atom. The molecule has 1 aliphatic heterocycles. The zero-order chi connectivity index (χ0) is 16.7. The molecule has 3 heteroatoms. The number of carbonyl (C=O) groups is 1. The molecular formula is C21H19NOS. The molecule has 1 aromatic rings. The van der Waals surface area contributed by atoms with Crippen LogP contribution in [0.5, 0.6) is 0 Å². The van der Waals surface area contributed by atoms with Gasteiger partial charge in [-0.25, -0.2) is 0 Å². The van der Waals surface area contributed by atoms with Gasteiger partial charge in [-0.3, -0.25) is 4.79 Å². The lowest BCUT2D eigenvalue weighted by Gasteiger charge is -2.24. The Balaban J connectivity index is 1.67. The number of allylic oxidation sites excluding steroid dienone is 6. The average Bonchev–Trinajstić information content (AvgIpc) is 3.17.